The van der Waals surface area contributed by atoms with Gasteiger partial charge in [-0.25, -0.2) is 0 Å². The van der Waals surface area contributed by atoms with E-state index in [-0.39, 0.29) is 35.5 Å². The van der Waals surface area contributed by atoms with Crippen molar-refractivity contribution in [2.45, 2.75) is 12.8 Å². The summed E-state index contributed by atoms with van der Waals surface area (Å²) < 4.78 is 0. The average Bonchev–Trinajstić information content (AvgIpc) is 2.88. The minimum atomic E-state index is -0.712. The van der Waals surface area contributed by atoms with E-state index < -0.39 is 16.4 Å². The maximum Gasteiger partial charge on any atom is 0.311 e. The Hall–Kier alpha value is -3.03. The molecule has 2 amide bonds. The first kappa shape index (κ1) is 15.5. The number of carbonyl (C=O) groups excluding carboxylic acids is 2. The third kappa shape index (κ3) is 2.33. The molecule has 5 rings (SSSR count). The highest BCUT2D eigenvalue weighted by Gasteiger charge is 2.56. The minimum Gasteiger partial charge on any atom is -0.502 e. The Morgan fingerprint density at radius 3 is 2.28 bits per heavy atom. The zero-order valence-corrected chi connectivity index (χ0v) is 13.1. The third-order valence-electron chi connectivity index (χ3n) is 5.25. The molecule has 1 aliphatic heterocycles. The molecule has 1 heterocycles. The molecule has 0 aromatic heterocycles. The van der Waals surface area contributed by atoms with Crippen LogP contribution in [0.3, 0.4) is 0 Å². The highest BCUT2D eigenvalue weighted by molar-refractivity contribution is 6.06. The summed E-state index contributed by atoms with van der Waals surface area (Å²) in [5, 5.41) is 25.2. The topological polar surface area (TPSA) is 113 Å². The summed E-state index contributed by atoms with van der Waals surface area (Å²) in [6.45, 7) is 0. The minimum absolute atomic E-state index is 0.0846. The second-order valence-electron chi connectivity index (χ2n) is 6.58. The maximum atomic E-state index is 12.6. The first-order valence-corrected chi connectivity index (χ1v) is 8.05. The number of nitro groups is 1. The molecule has 25 heavy (non-hydrogen) atoms. The summed E-state index contributed by atoms with van der Waals surface area (Å²) in [6.07, 6.45) is 7.09. The number of fused-ring (bicyclic) bond motifs is 1. The number of nitro benzene ring substituents is 1. The largest absolute Gasteiger partial charge is 0.502 e. The van der Waals surface area contributed by atoms with Gasteiger partial charge in [-0.05, 0) is 36.8 Å². The van der Waals surface area contributed by atoms with Gasteiger partial charge in [-0.2, -0.15) is 10.1 Å². The van der Waals surface area contributed by atoms with E-state index in [9.17, 15) is 24.8 Å². The molecule has 1 aromatic rings. The third-order valence-corrected chi connectivity index (χ3v) is 5.25. The zero-order chi connectivity index (χ0) is 17.7. The van der Waals surface area contributed by atoms with Gasteiger partial charge in [0, 0.05) is 11.6 Å². The lowest BCUT2D eigenvalue weighted by Gasteiger charge is -2.37. The fraction of sp³-hybridized carbons (Fsp3) is 0.353. The normalized spacial score (nSPS) is 30.3. The monoisotopic (exact) mass is 341 g/mol. The van der Waals surface area contributed by atoms with Crippen LogP contribution in [-0.4, -0.2) is 33.1 Å². The number of benzene rings is 1. The molecule has 4 atom stereocenters. The van der Waals surface area contributed by atoms with Crippen LogP contribution in [0.25, 0.3) is 0 Å². The Balaban J connectivity index is 1.60. The van der Waals surface area contributed by atoms with Crippen molar-refractivity contribution in [3.63, 3.8) is 0 Å². The van der Waals surface area contributed by atoms with E-state index in [0.29, 0.717) is 5.56 Å². The van der Waals surface area contributed by atoms with Gasteiger partial charge >= 0.3 is 5.69 Å². The predicted molar refractivity (Wildman–Crippen MR) is 86.5 cm³/mol. The molecule has 0 spiro atoms. The quantitative estimate of drug-likeness (QED) is 0.296. The van der Waals surface area contributed by atoms with Gasteiger partial charge in [-0.1, -0.05) is 12.2 Å². The summed E-state index contributed by atoms with van der Waals surface area (Å²) in [4.78, 5) is 35.4. The fourth-order valence-electron chi connectivity index (χ4n) is 4.06. The van der Waals surface area contributed by atoms with Crippen LogP contribution in [0, 0.1) is 33.8 Å². The van der Waals surface area contributed by atoms with E-state index in [4.69, 9.17) is 0 Å². The first-order chi connectivity index (χ1) is 12.0. The Labute approximate surface area is 142 Å². The molecular weight excluding hydrogens is 326 g/mol. The fourth-order valence-corrected chi connectivity index (χ4v) is 4.06. The molecule has 1 saturated heterocycles. The van der Waals surface area contributed by atoms with Gasteiger partial charge in [-0.15, -0.1) is 0 Å². The van der Waals surface area contributed by atoms with E-state index in [1.165, 1.54) is 18.3 Å². The summed E-state index contributed by atoms with van der Waals surface area (Å²) >= 11 is 0. The second-order valence-corrected chi connectivity index (χ2v) is 6.58. The predicted octanol–water partition coefficient (Wildman–Crippen LogP) is 1.83. The molecule has 8 nitrogen and oxygen atoms in total. The maximum absolute atomic E-state index is 12.6. The number of aromatic hydroxyl groups is 1. The molecule has 1 N–H and O–H groups in total. The Morgan fingerprint density at radius 1 is 1.16 bits per heavy atom. The van der Waals surface area contributed by atoms with E-state index in [1.807, 2.05) is 12.2 Å². The highest BCUT2D eigenvalue weighted by Crippen LogP contribution is 2.49. The van der Waals surface area contributed by atoms with Crippen molar-refractivity contribution in [1.29, 1.82) is 0 Å². The van der Waals surface area contributed by atoms with Crippen LogP contribution >= 0.6 is 0 Å². The molecule has 2 bridgehead atoms. The Bertz CT molecular complexity index is 815. The number of imide groups is 1. The summed E-state index contributed by atoms with van der Waals surface area (Å²) in [5.74, 6) is -1.59. The molecule has 2 fully saturated rings. The van der Waals surface area contributed by atoms with Crippen LogP contribution in [0.1, 0.15) is 18.4 Å². The van der Waals surface area contributed by atoms with E-state index in [1.54, 1.807) is 0 Å². The lowest BCUT2D eigenvalue weighted by atomic mass is 9.63. The van der Waals surface area contributed by atoms with Gasteiger partial charge < -0.3 is 5.11 Å². The lowest BCUT2D eigenvalue weighted by Crippen LogP contribution is -2.38. The SMILES string of the molecule is O=C1[C@@H]2[C@@H](C(=O)N1/N=C\c1ccc(O)c([N+](=O)[O-])c1)[C@H]1C=C[C@H]2CC1. The van der Waals surface area contributed by atoms with Crippen LogP contribution in [0.5, 0.6) is 5.75 Å². The average molecular weight is 341 g/mol. The number of hydrogen-bond donors (Lipinski definition) is 1. The van der Waals surface area contributed by atoms with Gasteiger partial charge in [0.2, 0.25) is 0 Å². The van der Waals surface area contributed by atoms with E-state index >= 15 is 0 Å². The molecule has 4 aliphatic rings. The molecule has 0 radical (unpaired) electrons. The number of rotatable bonds is 3. The standard InChI is InChI=1S/C17H15N3O5/c21-13-6-1-9(7-12(13)20(24)25)8-18-19-16(22)14-10-2-3-11(5-4-10)15(14)17(19)23/h1-3,6-8,10-11,14-15,21H,4-5H2/b18-8-/t10-,11-,14-,15-/m0/s1. The number of hydrazone groups is 1. The second kappa shape index (κ2) is 5.51. The van der Waals surface area contributed by atoms with Gasteiger partial charge in [0.15, 0.2) is 5.75 Å². The van der Waals surface area contributed by atoms with Crippen molar-refractivity contribution in [2.75, 3.05) is 0 Å². The van der Waals surface area contributed by atoms with E-state index in [2.05, 4.69) is 5.10 Å². The lowest BCUT2D eigenvalue weighted by molar-refractivity contribution is -0.385. The van der Waals surface area contributed by atoms with Gasteiger partial charge in [0.1, 0.15) is 0 Å². The van der Waals surface area contributed by atoms with Crippen LogP contribution in [0.2, 0.25) is 0 Å². The van der Waals surface area contributed by atoms with Crippen molar-refractivity contribution in [2.24, 2.45) is 28.8 Å². The number of phenolic OH excluding ortho intramolecular Hbond substituents is 1. The summed E-state index contributed by atoms with van der Waals surface area (Å²) in [5.41, 5.74) is -0.139. The number of phenols is 1. The molecule has 3 aliphatic carbocycles. The molecule has 8 heteroatoms. The molecule has 1 aromatic carbocycles. The van der Waals surface area contributed by atoms with E-state index in [0.717, 1.165) is 23.9 Å². The van der Waals surface area contributed by atoms with Crippen molar-refractivity contribution >= 4 is 23.7 Å². The van der Waals surface area contributed by atoms with Crippen molar-refractivity contribution in [1.82, 2.24) is 5.01 Å². The van der Waals surface area contributed by atoms with Crippen LogP contribution in [-0.2, 0) is 9.59 Å². The van der Waals surface area contributed by atoms with Gasteiger partial charge in [0.05, 0.1) is 23.0 Å². The number of allylic oxidation sites excluding steroid dienone is 2. The summed E-state index contributed by atoms with van der Waals surface area (Å²) in [7, 11) is 0. The zero-order valence-electron chi connectivity index (χ0n) is 13.1. The smallest absolute Gasteiger partial charge is 0.311 e. The molecular formula is C17H15N3O5. The van der Waals surface area contributed by atoms with Crippen molar-refractivity contribution < 1.29 is 19.6 Å². The van der Waals surface area contributed by atoms with Crippen LogP contribution in [0.15, 0.2) is 35.5 Å². The number of amides is 2. The van der Waals surface area contributed by atoms with Crippen LogP contribution < -0.4 is 0 Å². The van der Waals surface area contributed by atoms with Gasteiger partial charge in [-0.3, -0.25) is 19.7 Å². The Kier molecular flexibility index (Phi) is 3.41. The van der Waals surface area contributed by atoms with Crippen molar-refractivity contribution in [3.05, 3.63) is 46.0 Å². The molecule has 1 saturated carbocycles. The first-order valence-electron chi connectivity index (χ1n) is 8.05. The summed E-state index contributed by atoms with van der Waals surface area (Å²) in [6, 6.07) is 3.74. The highest BCUT2D eigenvalue weighted by atomic mass is 16.6. The number of nitrogens with zero attached hydrogens (tertiary/aromatic N) is 3. The van der Waals surface area contributed by atoms with Crippen molar-refractivity contribution in [3.8, 4) is 5.75 Å². The number of carbonyl (C=O) groups is 2. The van der Waals surface area contributed by atoms with Gasteiger partial charge in [0.25, 0.3) is 11.8 Å². The molecule has 0 unspecified atom stereocenters. The number of hydrogen-bond acceptors (Lipinski definition) is 6. The Morgan fingerprint density at radius 2 is 1.76 bits per heavy atom. The molecule has 128 valence electrons. The van der Waals surface area contributed by atoms with Crippen LogP contribution in [0.4, 0.5) is 5.69 Å².